The highest BCUT2D eigenvalue weighted by molar-refractivity contribution is 9.10. The van der Waals surface area contributed by atoms with Crippen molar-refractivity contribution in [2.45, 2.75) is 13.0 Å². The minimum Gasteiger partial charge on any atom is -0.398 e. The third-order valence-corrected chi connectivity index (χ3v) is 3.37. The van der Waals surface area contributed by atoms with E-state index in [1.807, 2.05) is 17.9 Å². The van der Waals surface area contributed by atoms with Crippen molar-refractivity contribution < 1.29 is 9.53 Å². The topological polar surface area (TPSA) is 55.6 Å². The quantitative estimate of drug-likeness (QED) is 0.806. The SMILES string of the molecule is CC1COCCN1C(=O)c1cc(Br)ccc1N. The molecular weight excluding hydrogens is 284 g/mol. The smallest absolute Gasteiger partial charge is 0.256 e. The van der Waals surface area contributed by atoms with Crippen LogP contribution < -0.4 is 5.73 Å². The monoisotopic (exact) mass is 298 g/mol. The van der Waals surface area contributed by atoms with E-state index in [1.165, 1.54) is 0 Å². The lowest BCUT2D eigenvalue weighted by Gasteiger charge is -2.33. The summed E-state index contributed by atoms with van der Waals surface area (Å²) in [5, 5.41) is 0. The second-order valence-corrected chi connectivity index (χ2v) is 5.07. The van der Waals surface area contributed by atoms with Crippen LogP contribution in [-0.4, -0.2) is 36.6 Å². The number of carbonyl (C=O) groups excluding carboxylic acids is 1. The Kier molecular flexibility index (Phi) is 3.69. The number of morpholine rings is 1. The van der Waals surface area contributed by atoms with Gasteiger partial charge < -0.3 is 15.4 Å². The summed E-state index contributed by atoms with van der Waals surface area (Å²) in [5.74, 6) is -0.0281. The fourth-order valence-corrected chi connectivity index (χ4v) is 2.26. The van der Waals surface area contributed by atoms with Gasteiger partial charge in [0.25, 0.3) is 5.91 Å². The number of carbonyl (C=O) groups is 1. The lowest BCUT2D eigenvalue weighted by molar-refractivity contribution is 0.00365. The highest BCUT2D eigenvalue weighted by Crippen LogP contribution is 2.21. The maximum absolute atomic E-state index is 12.4. The fraction of sp³-hybridized carbons (Fsp3) is 0.417. The van der Waals surface area contributed by atoms with Gasteiger partial charge in [0.05, 0.1) is 24.8 Å². The zero-order valence-corrected chi connectivity index (χ0v) is 11.2. The largest absolute Gasteiger partial charge is 0.398 e. The molecule has 0 bridgehead atoms. The average molecular weight is 299 g/mol. The molecule has 4 nitrogen and oxygen atoms in total. The van der Waals surface area contributed by atoms with Gasteiger partial charge in [0.1, 0.15) is 0 Å². The van der Waals surface area contributed by atoms with Gasteiger partial charge in [-0.15, -0.1) is 0 Å². The van der Waals surface area contributed by atoms with Gasteiger partial charge in [-0.2, -0.15) is 0 Å². The molecule has 1 aromatic rings. The highest BCUT2D eigenvalue weighted by atomic mass is 79.9. The van der Waals surface area contributed by atoms with Crippen LogP contribution in [0.15, 0.2) is 22.7 Å². The van der Waals surface area contributed by atoms with Crippen LogP contribution in [0.3, 0.4) is 0 Å². The van der Waals surface area contributed by atoms with Gasteiger partial charge in [0.15, 0.2) is 0 Å². The van der Waals surface area contributed by atoms with Crippen LogP contribution in [0, 0.1) is 0 Å². The molecule has 1 aliphatic heterocycles. The van der Waals surface area contributed by atoms with Crippen molar-refractivity contribution in [3.8, 4) is 0 Å². The van der Waals surface area contributed by atoms with Crippen molar-refractivity contribution in [2.24, 2.45) is 0 Å². The summed E-state index contributed by atoms with van der Waals surface area (Å²) in [5.41, 5.74) is 6.90. The lowest BCUT2D eigenvalue weighted by atomic mass is 10.1. The van der Waals surface area contributed by atoms with Crippen LogP contribution in [0.5, 0.6) is 0 Å². The van der Waals surface area contributed by atoms with Crippen LogP contribution in [0.2, 0.25) is 0 Å². The van der Waals surface area contributed by atoms with E-state index in [0.717, 1.165) is 4.47 Å². The predicted octanol–water partition coefficient (Wildman–Crippen LogP) is 1.89. The molecule has 1 unspecified atom stereocenters. The molecule has 2 rings (SSSR count). The molecule has 1 aromatic carbocycles. The molecule has 0 spiro atoms. The molecule has 1 heterocycles. The Morgan fingerprint density at radius 3 is 3.06 bits per heavy atom. The first kappa shape index (κ1) is 12.4. The minimum absolute atomic E-state index is 0.0281. The summed E-state index contributed by atoms with van der Waals surface area (Å²) in [7, 11) is 0. The summed E-state index contributed by atoms with van der Waals surface area (Å²) < 4.78 is 6.17. The maximum Gasteiger partial charge on any atom is 0.256 e. The summed E-state index contributed by atoms with van der Waals surface area (Å²) in [4.78, 5) is 14.2. The molecule has 1 fully saturated rings. The normalized spacial score (nSPS) is 20.4. The number of rotatable bonds is 1. The standard InChI is InChI=1S/C12H15BrN2O2/c1-8-7-17-5-4-15(8)12(16)10-6-9(13)2-3-11(10)14/h2-3,6,8H,4-5,7,14H2,1H3. The molecule has 1 amide bonds. The highest BCUT2D eigenvalue weighted by Gasteiger charge is 2.25. The second kappa shape index (κ2) is 5.06. The van der Waals surface area contributed by atoms with E-state index in [4.69, 9.17) is 10.5 Å². The molecule has 92 valence electrons. The molecule has 1 aliphatic rings. The van der Waals surface area contributed by atoms with Crippen molar-refractivity contribution in [1.29, 1.82) is 0 Å². The van der Waals surface area contributed by atoms with Crippen molar-refractivity contribution in [2.75, 3.05) is 25.5 Å². The Morgan fingerprint density at radius 1 is 1.59 bits per heavy atom. The third-order valence-electron chi connectivity index (χ3n) is 2.87. The first-order valence-corrected chi connectivity index (χ1v) is 6.32. The summed E-state index contributed by atoms with van der Waals surface area (Å²) >= 11 is 3.35. The summed E-state index contributed by atoms with van der Waals surface area (Å²) in [6.45, 7) is 3.76. The Hall–Kier alpha value is -1.07. The van der Waals surface area contributed by atoms with Crippen LogP contribution in [0.1, 0.15) is 17.3 Å². The van der Waals surface area contributed by atoms with Crippen molar-refractivity contribution in [3.05, 3.63) is 28.2 Å². The van der Waals surface area contributed by atoms with Gasteiger partial charge in [-0.25, -0.2) is 0 Å². The maximum atomic E-state index is 12.4. The Bertz CT molecular complexity index is 437. The average Bonchev–Trinajstić information content (AvgIpc) is 2.32. The molecule has 5 heteroatoms. The van der Waals surface area contributed by atoms with Crippen LogP contribution in [-0.2, 0) is 4.74 Å². The number of hydrogen-bond acceptors (Lipinski definition) is 3. The Balaban J connectivity index is 2.26. The number of nitrogen functional groups attached to an aromatic ring is 1. The van der Waals surface area contributed by atoms with Crippen LogP contribution >= 0.6 is 15.9 Å². The van der Waals surface area contributed by atoms with Crippen LogP contribution in [0.25, 0.3) is 0 Å². The van der Waals surface area contributed by atoms with E-state index >= 15 is 0 Å². The van der Waals surface area contributed by atoms with E-state index in [0.29, 0.717) is 31.0 Å². The molecule has 2 N–H and O–H groups in total. The number of benzene rings is 1. The molecule has 1 atom stereocenters. The minimum atomic E-state index is -0.0281. The van der Waals surface area contributed by atoms with E-state index in [1.54, 1.807) is 12.1 Å². The van der Waals surface area contributed by atoms with Gasteiger partial charge in [-0.3, -0.25) is 4.79 Å². The molecule has 17 heavy (non-hydrogen) atoms. The summed E-state index contributed by atoms with van der Waals surface area (Å²) in [6.07, 6.45) is 0. The number of anilines is 1. The molecule has 1 saturated heterocycles. The second-order valence-electron chi connectivity index (χ2n) is 4.15. The predicted molar refractivity (Wildman–Crippen MR) is 69.9 cm³/mol. The number of nitrogens with two attached hydrogens (primary N) is 1. The third kappa shape index (κ3) is 2.61. The number of nitrogens with zero attached hydrogens (tertiary/aromatic N) is 1. The first-order chi connectivity index (χ1) is 8.09. The molecule has 0 saturated carbocycles. The number of ether oxygens (including phenoxy) is 1. The van der Waals surface area contributed by atoms with Crippen molar-refractivity contribution in [1.82, 2.24) is 4.90 Å². The molecule has 0 radical (unpaired) electrons. The Morgan fingerprint density at radius 2 is 2.35 bits per heavy atom. The zero-order valence-electron chi connectivity index (χ0n) is 9.65. The van der Waals surface area contributed by atoms with Gasteiger partial charge in [0.2, 0.25) is 0 Å². The first-order valence-electron chi connectivity index (χ1n) is 5.53. The molecule has 0 aromatic heterocycles. The van der Waals surface area contributed by atoms with E-state index < -0.39 is 0 Å². The van der Waals surface area contributed by atoms with E-state index in [2.05, 4.69) is 15.9 Å². The fourth-order valence-electron chi connectivity index (χ4n) is 1.90. The van der Waals surface area contributed by atoms with Crippen molar-refractivity contribution >= 4 is 27.5 Å². The molecule has 0 aliphatic carbocycles. The molecular formula is C12H15BrN2O2. The number of halogens is 1. The number of amides is 1. The van der Waals surface area contributed by atoms with E-state index in [-0.39, 0.29) is 11.9 Å². The van der Waals surface area contributed by atoms with Gasteiger partial charge in [-0.1, -0.05) is 15.9 Å². The van der Waals surface area contributed by atoms with Crippen molar-refractivity contribution in [3.63, 3.8) is 0 Å². The Labute approximate surface area is 109 Å². The zero-order chi connectivity index (χ0) is 12.4. The lowest BCUT2D eigenvalue weighted by Crippen LogP contribution is -2.47. The van der Waals surface area contributed by atoms with Gasteiger partial charge >= 0.3 is 0 Å². The van der Waals surface area contributed by atoms with Gasteiger partial charge in [0, 0.05) is 16.7 Å². The van der Waals surface area contributed by atoms with Crippen LogP contribution in [0.4, 0.5) is 5.69 Å². The van der Waals surface area contributed by atoms with E-state index in [9.17, 15) is 4.79 Å². The van der Waals surface area contributed by atoms with Gasteiger partial charge in [-0.05, 0) is 25.1 Å². The summed E-state index contributed by atoms with van der Waals surface area (Å²) in [6, 6.07) is 5.42. The number of hydrogen-bond donors (Lipinski definition) is 1.